The van der Waals surface area contributed by atoms with Gasteiger partial charge in [0.1, 0.15) is 0 Å². The number of fused-ring (bicyclic) bond motifs is 1. The quantitative estimate of drug-likeness (QED) is 0.378. The molecule has 8 heteroatoms. The molecule has 1 aliphatic rings. The summed E-state index contributed by atoms with van der Waals surface area (Å²) in [5, 5.41) is 15.2. The molecule has 2 heterocycles. The first-order chi connectivity index (χ1) is 11.8. The monoisotopic (exact) mass is 458 g/mol. The zero-order chi connectivity index (χ0) is 16.8. The first kappa shape index (κ1) is 19.9. The summed E-state index contributed by atoms with van der Waals surface area (Å²) < 4.78 is 7.23. The molecule has 0 aromatic carbocycles. The summed E-state index contributed by atoms with van der Waals surface area (Å²) in [5.41, 5.74) is 1.21. The van der Waals surface area contributed by atoms with Gasteiger partial charge in [-0.15, -0.1) is 34.2 Å². The van der Waals surface area contributed by atoms with Crippen LogP contribution >= 0.6 is 24.0 Å². The van der Waals surface area contributed by atoms with Crippen LogP contribution in [0, 0.1) is 5.41 Å². The largest absolute Gasteiger partial charge is 0.385 e. The van der Waals surface area contributed by atoms with Crippen molar-refractivity contribution in [3.8, 4) is 0 Å². The number of hydrogen-bond acceptors (Lipinski definition) is 4. The van der Waals surface area contributed by atoms with Crippen LogP contribution in [0.15, 0.2) is 29.4 Å². The van der Waals surface area contributed by atoms with Crippen molar-refractivity contribution in [3.05, 3.63) is 30.2 Å². The molecule has 0 spiro atoms. The van der Waals surface area contributed by atoms with Crippen molar-refractivity contribution in [2.24, 2.45) is 10.4 Å². The van der Waals surface area contributed by atoms with Crippen molar-refractivity contribution in [1.29, 1.82) is 0 Å². The van der Waals surface area contributed by atoms with E-state index in [-0.39, 0.29) is 24.0 Å². The van der Waals surface area contributed by atoms with E-state index in [0.717, 1.165) is 37.0 Å². The highest BCUT2D eigenvalue weighted by atomic mass is 127. The molecule has 3 rings (SSSR count). The van der Waals surface area contributed by atoms with E-state index < -0.39 is 0 Å². The van der Waals surface area contributed by atoms with Crippen LogP contribution in [0.3, 0.4) is 0 Å². The number of hydrogen-bond donors (Lipinski definition) is 2. The standard InChI is InChI=1S/C17H26N6O.HI/c1-18-16(20-13-17(7-5-8-17)9-11-24-2)19-12-15-22-21-14-6-3-4-10-23(14)15;/h3-4,6,10H,5,7-9,11-13H2,1-2H3,(H2,18,19,20);1H. The second kappa shape index (κ2) is 9.33. The van der Waals surface area contributed by atoms with E-state index >= 15 is 0 Å². The van der Waals surface area contributed by atoms with Gasteiger partial charge in [-0.05, 0) is 36.8 Å². The molecule has 7 nitrogen and oxygen atoms in total. The molecular weight excluding hydrogens is 431 g/mol. The van der Waals surface area contributed by atoms with E-state index in [9.17, 15) is 0 Å². The van der Waals surface area contributed by atoms with Gasteiger partial charge in [0.05, 0.1) is 6.54 Å². The minimum atomic E-state index is 0. The molecule has 1 saturated carbocycles. The molecule has 2 aromatic rings. The molecule has 25 heavy (non-hydrogen) atoms. The van der Waals surface area contributed by atoms with E-state index in [1.807, 2.05) is 28.8 Å². The number of guanidine groups is 1. The lowest BCUT2D eigenvalue weighted by molar-refractivity contribution is 0.0732. The molecule has 0 unspecified atom stereocenters. The fraction of sp³-hybridized carbons (Fsp3) is 0.588. The summed E-state index contributed by atoms with van der Waals surface area (Å²) >= 11 is 0. The number of halogens is 1. The molecule has 0 bridgehead atoms. The normalized spacial score (nSPS) is 16.2. The Hall–Kier alpha value is -1.42. The molecule has 2 N–H and O–H groups in total. The van der Waals surface area contributed by atoms with E-state index in [1.54, 1.807) is 14.2 Å². The molecule has 0 aliphatic heterocycles. The summed E-state index contributed by atoms with van der Waals surface area (Å²) in [6.07, 6.45) is 6.90. The van der Waals surface area contributed by atoms with Crippen molar-refractivity contribution in [3.63, 3.8) is 0 Å². The van der Waals surface area contributed by atoms with Crippen LogP contribution in [0.1, 0.15) is 31.5 Å². The maximum absolute atomic E-state index is 5.25. The number of ether oxygens (including phenoxy) is 1. The van der Waals surface area contributed by atoms with Crippen LogP contribution in [0.4, 0.5) is 0 Å². The van der Waals surface area contributed by atoms with Crippen LogP contribution in [0.2, 0.25) is 0 Å². The minimum absolute atomic E-state index is 0. The highest BCUT2D eigenvalue weighted by Crippen LogP contribution is 2.43. The second-order valence-corrected chi connectivity index (χ2v) is 6.42. The molecule has 138 valence electrons. The number of methoxy groups -OCH3 is 1. The third-order valence-electron chi connectivity index (χ3n) is 4.90. The van der Waals surface area contributed by atoms with Crippen LogP contribution in [-0.4, -0.2) is 47.9 Å². The summed E-state index contributed by atoms with van der Waals surface area (Å²) in [5.74, 6) is 1.66. The highest BCUT2D eigenvalue weighted by molar-refractivity contribution is 14.0. The highest BCUT2D eigenvalue weighted by Gasteiger charge is 2.36. The Labute approximate surface area is 165 Å². The molecule has 1 fully saturated rings. The molecular formula is C17H27IN6O. The molecule has 0 saturated heterocycles. The smallest absolute Gasteiger partial charge is 0.191 e. The Morgan fingerprint density at radius 1 is 1.32 bits per heavy atom. The molecule has 1 aliphatic carbocycles. The Kier molecular flexibility index (Phi) is 7.42. The Bertz CT molecular complexity index is 697. The number of nitrogens with one attached hydrogen (secondary N) is 2. The Balaban J connectivity index is 0.00000225. The van der Waals surface area contributed by atoms with Crippen LogP contribution in [-0.2, 0) is 11.3 Å². The van der Waals surface area contributed by atoms with Gasteiger partial charge in [-0.3, -0.25) is 9.39 Å². The minimum Gasteiger partial charge on any atom is -0.385 e. The van der Waals surface area contributed by atoms with Gasteiger partial charge in [-0.1, -0.05) is 12.5 Å². The fourth-order valence-corrected chi connectivity index (χ4v) is 3.18. The van der Waals surface area contributed by atoms with Crippen LogP contribution in [0.5, 0.6) is 0 Å². The first-order valence-corrected chi connectivity index (χ1v) is 8.48. The van der Waals surface area contributed by atoms with E-state index in [2.05, 4.69) is 25.8 Å². The van der Waals surface area contributed by atoms with Gasteiger partial charge in [0, 0.05) is 33.5 Å². The molecule has 0 radical (unpaired) electrons. The average Bonchev–Trinajstić information content (AvgIpc) is 2.99. The number of rotatable bonds is 7. The van der Waals surface area contributed by atoms with Gasteiger partial charge in [-0.25, -0.2) is 0 Å². The van der Waals surface area contributed by atoms with Gasteiger partial charge in [0.2, 0.25) is 0 Å². The topological polar surface area (TPSA) is 75.8 Å². The summed E-state index contributed by atoms with van der Waals surface area (Å²) in [4.78, 5) is 4.32. The lowest BCUT2D eigenvalue weighted by Crippen LogP contribution is -2.46. The maximum atomic E-state index is 5.25. The molecule has 2 aromatic heterocycles. The Morgan fingerprint density at radius 3 is 2.84 bits per heavy atom. The summed E-state index contributed by atoms with van der Waals surface area (Å²) in [6, 6.07) is 5.88. The van der Waals surface area contributed by atoms with Crippen LogP contribution < -0.4 is 10.6 Å². The number of nitrogens with zero attached hydrogens (tertiary/aromatic N) is 4. The second-order valence-electron chi connectivity index (χ2n) is 6.42. The summed E-state index contributed by atoms with van der Waals surface area (Å²) in [6.45, 7) is 2.33. The zero-order valence-electron chi connectivity index (χ0n) is 14.9. The van der Waals surface area contributed by atoms with Gasteiger partial charge >= 0.3 is 0 Å². The predicted molar refractivity (Wildman–Crippen MR) is 109 cm³/mol. The van der Waals surface area contributed by atoms with Crippen molar-refractivity contribution in [1.82, 2.24) is 25.2 Å². The van der Waals surface area contributed by atoms with Crippen molar-refractivity contribution < 1.29 is 4.74 Å². The molecule has 0 amide bonds. The third kappa shape index (κ3) is 4.81. The van der Waals surface area contributed by atoms with E-state index in [4.69, 9.17) is 4.74 Å². The fourth-order valence-electron chi connectivity index (χ4n) is 3.18. The average molecular weight is 458 g/mol. The lowest BCUT2D eigenvalue weighted by Gasteiger charge is -2.42. The third-order valence-corrected chi connectivity index (χ3v) is 4.90. The van der Waals surface area contributed by atoms with Gasteiger partial charge in [-0.2, -0.15) is 0 Å². The van der Waals surface area contributed by atoms with Crippen molar-refractivity contribution >= 4 is 35.6 Å². The first-order valence-electron chi connectivity index (χ1n) is 8.48. The SMILES string of the molecule is CN=C(NCc1nnc2ccccn12)NCC1(CCOC)CCC1.I. The maximum Gasteiger partial charge on any atom is 0.191 e. The predicted octanol–water partition coefficient (Wildman–Crippen LogP) is 2.22. The Morgan fingerprint density at radius 2 is 2.16 bits per heavy atom. The van der Waals surface area contributed by atoms with Crippen LogP contribution in [0.25, 0.3) is 5.65 Å². The van der Waals surface area contributed by atoms with Crippen molar-refractivity contribution in [2.75, 3.05) is 27.3 Å². The molecule has 0 atom stereocenters. The number of aliphatic imine (C=N–C) groups is 1. The van der Waals surface area contributed by atoms with Gasteiger partial charge < -0.3 is 15.4 Å². The lowest BCUT2D eigenvalue weighted by atomic mass is 9.67. The van der Waals surface area contributed by atoms with E-state index in [1.165, 1.54) is 19.3 Å². The van der Waals surface area contributed by atoms with Gasteiger partial charge in [0.15, 0.2) is 17.4 Å². The van der Waals surface area contributed by atoms with E-state index in [0.29, 0.717) is 12.0 Å². The zero-order valence-corrected chi connectivity index (χ0v) is 17.2. The van der Waals surface area contributed by atoms with Crippen molar-refractivity contribution in [2.45, 2.75) is 32.2 Å². The van der Waals surface area contributed by atoms with Gasteiger partial charge in [0.25, 0.3) is 0 Å². The number of aromatic nitrogens is 3. The summed E-state index contributed by atoms with van der Waals surface area (Å²) in [7, 11) is 3.56. The number of pyridine rings is 1.